The Kier molecular flexibility index (Phi) is 6.83. The van der Waals surface area contributed by atoms with E-state index < -0.39 is 0 Å². The number of thioether (sulfide) groups is 2. The van der Waals surface area contributed by atoms with Gasteiger partial charge in [-0.1, -0.05) is 42.5 Å². The number of rotatable bonds is 6. The van der Waals surface area contributed by atoms with E-state index >= 15 is 0 Å². The van der Waals surface area contributed by atoms with E-state index in [-0.39, 0.29) is 12.1 Å². The molecule has 2 amide bonds. The van der Waals surface area contributed by atoms with Gasteiger partial charge in [0.1, 0.15) is 0 Å². The number of likely N-dealkylation sites (tertiary alicyclic amines) is 1. The van der Waals surface area contributed by atoms with E-state index in [9.17, 15) is 4.79 Å². The van der Waals surface area contributed by atoms with E-state index in [1.165, 1.54) is 29.9 Å². The summed E-state index contributed by atoms with van der Waals surface area (Å²) in [6.45, 7) is 3.09. The number of anilines is 1. The maximum absolute atomic E-state index is 12.8. The molecule has 4 rings (SSSR count). The number of nitrogens with one attached hydrogen (secondary N) is 2. The number of hydrogen-bond acceptors (Lipinski definition) is 4. The lowest BCUT2D eigenvalue weighted by atomic mass is 10.1. The van der Waals surface area contributed by atoms with Crippen molar-refractivity contribution in [2.75, 3.05) is 36.5 Å². The first-order chi connectivity index (χ1) is 13.8. The number of carbonyl (C=O) groups is 1. The van der Waals surface area contributed by atoms with E-state index in [0.717, 1.165) is 30.9 Å². The van der Waals surface area contributed by atoms with Crippen LogP contribution in [-0.4, -0.2) is 42.1 Å². The van der Waals surface area contributed by atoms with Crippen LogP contribution >= 0.6 is 23.5 Å². The summed E-state index contributed by atoms with van der Waals surface area (Å²) in [7, 11) is 0. The molecule has 0 radical (unpaired) electrons. The predicted octanol–water partition coefficient (Wildman–Crippen LogP) is 5.12. The molecule has 1 unspecified atom stereocenters. The topological polar surface area (TPSA) is 44.4 Å². The van der Waals surface area contributed by atoms with Gasteiger partial charge < -0.3 is 15.5 Å². The molecule has 6 heteroatoms. The van der Waals surface area contributed by atoms with Crippen LogP contribution in [0.15, 0.2) is 54.6 Å². The fourth-order valence-electron chi connectivity index (χ4n) is 3.78. The highest BCUT2D eigenvalue weighted by atomic mass is 32.2. The fraction of sp³-hybridized carbons (Fsp3) is 0.409. The highest BCUT2D eigenvalue weighted by molar-refractivity contribution is 8.19. The van der Waals surface area contributed by atoms with Gasteiger partial charge in [-0.25, -0.2) is 4.79 Å². The Balaban J connectivity index is 1.41. The molecule has 2 aromatic carbocycles. The summed E-state index contributed by atoms with van der Waals surface area (Å²) in [5.74, 6) is 2.39. The molecule has 2 aromatic rings. The number of benzene rings is 2. The van der Waals surface area contributed by atoms with Crippen molar-refractivity contribution in [1.82, 2.24) is 10.2 Å². The molecule has 28 heavy (non-hydrogen) atoms. The van der Waals surface area contributed by atoms with Crippen LogP contribution in [0, 0.1) is 0 Å². The van der Waals surface area contributed by atoms with Gasteiger partial charge in [0.15, 0.2) is 0 Å². The molecule has 2 saturated heterocycles. The summed E-state index contributed by atoms with van der Waals surface area (Å²) < 4.78 is 0.483. The van der Waals surface area contributed by atoms with Gasteiger partial charge in [0.05, 0.1) is 10.6 Å². The minimum Gasteiger partial charge on any atom is -0.330 e. The molecule has 148 valence electrons. The molecule has 4 nitrogen and oxygen atoms in total. The highest BCUT2D eigenvalue weighted by Crippen LogP contribution is 2.45. The molecule has 0 saturated carbocycles. The second-order valence-electron chi connectivity index (χ2n) is 7.27. The Morgan fingerprint density at radius 2 is 1.79 bits per heavy atom. The van der Waals surface area contributed by atoms with Gasteiger partial charge in [0.2, 0.25) is 0 Å². The van der Waals surface area contributed by atoms with Crippen molar-refractivity contribution in [3.63, 3.8) is 0 Å². The zero-order chi connectivity index (χ0) is 19.2. The first kappa shape index (κ1) is 19.7. The lowest BCUT2D eigenvalue weighted by Gasteiger charge is -2.25. The fourth-order valence-corrected chi connectivity index (χ4v) is 6.62. The van der Waals surface area contributed by atoms with Gasteiger partial charge in [-0.15, -0.1) is 23.5 Å². The van der Waals surface area contributed by atoms with Gasteiger partial charge in [0, 0.05) is 23.7 Å². The highest BCUT2D eigenvalue weighted by Gasteiger charge is 2.21. The molecular weight excluding hydrogens is 386 g/mol. The average molecular weight is 414 g/mol. The predicted molar refractivity (Wildman–Crippen MR) is 121 cm³/mol. The van der Waals surface area contributed by atoms with Crippen LogP contribution < -0.4 is 10.6 Å². The summed E-state index contributed by atoms with van der Waals surface area (Å²) in [6.07, 6.45) is 2.50. The molecule has 2 heterocycles. The Morgan fingerprint density at radius 3 is 2.54 bits per heavy atom. The Hall–Kier alpha value is -1.63. The van der Waals surface area contributed by atoms with Gasteiger partial charge in [-0.3, -0.25) is 0 Å². The first-order valence-electron chi connectivity index (χ1n) is 9.96. The molecule has 0 aromatic heterocycles. The minimum atomic E-state index is -0.142. The number of urea groups is 1. The second kappa shape index (κ2) is 9.72. The first-order valence-corrected chi connectivity index (χ1v) is 12.1. The van der Waals surface area contributed by atoms with Crippen molar-refractivity contribution in [2.24, 2.45) is 0 Å². The molecular formula is C22H27N3OS2. The molecule has 2 aliphatic rings. The zero-order valence-corrected chi connectivity index (χ0v) is 17.6. The summed E-state index contributed by atoms with van der Waals surface area (Å²) in [5, 5.41) is 6.24. The van der Waals surface area contributed by atoms with E-state index in [1.54, 1.807) is 0 Å². The van der Waals surface area contributed by atoms with Gasteiger partial charge in [0.25, 0.3) is 0 Å². The summed E-state index contributed by atoms with van der Waals surface area (Å²) >= 11 is 3.96. The van der Waals surface area contributed by atoms with Gasteiger partial charge >= 0.3 is 6.03 Å². The standard InChI is InChI=1S/C22H27N3OS2/c26-22(23-19-10-6-9-18(15-19)21-27-13-14-28-21)24-20(16-25-11-4-5-12-25)17-7-2-1-3-8-17/h1-3,6-10,15,20-21H,4-5,11-14,16H2,(H2,23,24,26). The van der Waals surface area contributed by atoms with E-state index in [0.29, 0.717) is 4.58 Å². The van der Waals surface area contributed by atoms with Crippen LogP contribution in [0.5, 0.6) is 0 Å². The van der Waals surface area contributed by atoms with Crippen LogP contribution in [0.3, 0.4) is 0 Å². The number of carbonyl (C=O) groups excluding carboxylic acids is 1. The van der Waals surface area contributed by atoms with Gasteiger partial charge in [-0.05, 0) is 49.2 Å². The number of amides is 2. The minimum absolute atomic E-state index is 0.0107. The molecule has 0 aliphatic carbocycles. The third kappa shape index (κ3) is 5.25. The Bertz CT molecular complexity index is 774. The van der Waals surface area contributed by atoms with Crippen LogP contribution in [0.2, 0.25) is 0 Å². The Morgan fingerprint density at radius 1 is 1.04 bits per heavy atom. The summed E-state index contributed by atoms with van der Waals surface area (Å²) in [5.41, 5.74) is 3.29. The van der Waals surface area contributed by atoms with Crippen molar-refractivity contribution in [3.8, 4) is 0 Å². The second-order valence-corrected chi connectivity index (χ2v) is 9.99. The van der Waals surface area contributed by atoms with E-state index in [1.807, 2.05) is 53.9 Å². The third-order valence-corrected chi connectivity index (χ3v) is 8.29. The van der Waals surface area contributed by atoms with E-state index in [2.05, 4.69) is 39.8 Å². The molecule has 0 bridgehead atoms. The quantitative estimate of drug-likeness (QED) is 0.690. The normalized spacial score (nSPS) is 18.9. The smallest absolute Gasteiger partial charge is 0.319 e. The van der Waals surface area contributed by atoms with Crippen molar-refractivity contribution >= 4 is 35.2 Å². The van der Waals surface area contributed by atoms with Crippen molar-refractivity contribution in [3.05, 3.63) is 65.7 Å². The number of hydrogen-bond donors (Lipinski definition) is 2. The monoisotopic (exact) mass is 413 g/mol. The lowest BCUT2D eigenvalue weighted by Crippen LogP contribution is -2.39. The maximum atomic E-state index is 12.8. The summed E-state index contributed by atoms with van der Waals surface area (Å²) in [4.78, 5) is 15.2. The molecule has 1 atom stereocenters. The molecule has 0 spiro atoms. The molecule has 2 aliphatic heterocycles. The van der Waals surface area contributed by atoms with E-state index in [4.69, 9.17) is 0 Å². The van der Waals surface area contributed by atoms with Crippen LogP contribution in [-0.2, 0) is 0 Å². The maximum Gasteiger partial charge on any atom is 0.319 e. The number of nitrogens with zero attached hydrogens (tertiary/aromatic N) is 1. The Labute approximate surface area is 175 Å². The van der Waals surface area contributed by atoms with Gasteiger partial charge in [-0.2, -0.15) is 0 Å². The molecule has 2 N–H and O–H groups in total. The molecule has 2 fully saturated rings. The van der Waals surface area contributed by atoms with Crippen molar-refractivity contribution in [2.45, 2.75) is 23.5 Å². The third-order valence-electron chi connectivity index (χ3n) is 5.19. The SMILES string of the molecule is O=C(Nc1cccc(C2SCCS2)c1)NC(CN1CCCC1)c1ccccc1. The van der Waals surface area contributed by atoms with Crippen LogP contribution in [0.1, 0.15) is 34.6 Å². The summed E-state index contributed by atoms with van der Waals surface area (Å²) in [6, 6.07) is 18.4. The van der Waals surface area contributed by atoms with Crippen LogP contribution in [0.4, 0.5) is 10.5 Å². The van der Waals surface area contributed by atoms with Crippen molar-refractivity contribution in [1.29, 1.82) is 0 Å². The largest absolute Gasteiger partial charge is 0.330 e. The zero-order valence-electron chi connectivity index (χ0n) is 16.0. The average Bonchev–Trinajstić information content (AvgIpc) is 3.43. The lowest BCUT2D eigenvalue weighted by molar-refractivity contribution is 0.240. The van der Waals surface area contributed by atoms with Crippen molar-refractivity contribution < 1.29 is 4.79 Å². The van der Waals surface area contributed by atoms with Crippen LogP contribution in [0.25, 0.3) is 0 Å².